The first-order valence-electron chi connectivity index (χ1n) is 10.4. The smallest absolute Gasteiger partial charge is 0.387 e. The Morgan fingerprint density at radius 3 is 2.59 bits per heavy atom. The maximum absolute atomic E-state index is 13.4. The molecule has 1 amide bonds. The van der Waals surface area contributed by atoms with E-state index < -0.39 is 17.8 Å². The molecule has 5 rings (SSSR count). The second-order valence-electron chi connectivity index (χ2n) is 8.39. The Morgan fingerprint density at radius 1 is 1.16 bits per heavy atom. The molecule has 1 saturated heterocycles. The van der Waals surface area contributed by atoms with Crippen molar-refractivity contribution in [3.8, 4) is 22.6 Å². The van der Waals surface area contributed by atoms with Gasteiger partial charge >= 0.3 is 6.61 Å². The molecule has 0 bridgehead atoms. The maximum atomic E-state index is 13.4. The molecule has 2 aromatic carbocycles. The number of ether oxygens (including phenoxy) is 3. The van der Waals surface area contributed by atoms with Crippen LogP contribution in [0.4, 0.5) is 8.78 Å². The van der Waals surface area contributed by atoms with Crippen LogP contribution in [0.15, 0.2) is 47.5 Å². The Labute approximate surface area is 183 Å². The van der Waals surface area contributed by atoms with Crippen LogP contribution in [-0.2, 0) is 15.1 Å². The van der Waals surface area contributed by atoms with Gasteiger partial charge in [0.2, 0.25) is 0 Å². The van der Waals surface area contributed by atoms with Gasteiger partial charge in [-0.05, 0) is 35.4 Å². The van der Waals surface area contributed by atoms with Crippen LogP contribution >= 0.6 is 0 Å². The number of alkyl halides is 2. The average Bonchev–Trinajstić information content (AvgIpc) is 2.97. The summed E-state index contributed by atoms with van der Waals surface area (Å²) >= 11 is 0. The second-order valence-corrected chi connectivity index (χ2v) is 8.39. The van der Waals surface area contributed by atoms with Crippen molar-refractivity contribution in [2.24, 2.45) is 10.7 Å². The van der Waals surface area contributed by atoms with E-state index in [0.29, 0.717) is 49.4 Å². The predicted molar refractivity (Wildman–Crippen MR) is 113 cm³/mol. The van der Waals surface area contributed by atoms with Crippen molar-refractivity contribution in [1.29, 1.82) is 0 Å². The molecule has 7 nitrogen and oxygen atoms in total. The standard InChI is InChI=1S/C23H23F2N3O4/c1-28-19(29)23(27-21(28)26)13-22(7-9-30-10-8-22)32-18-6-5-15(12-17(18)23)14-3-2-4-16(11-14)31-20(24)25/h2-6,11-12,20H,7-10,13H2,1H3,(H2,26,27). The number of nitrogens with zero attached hydrogens (tertiary/aromatic N) is 2. The number of fused-ring (bicyclic) bond motifs is 2. The van der Waals surface area contributed by atoms with Gasteiger partial charge in [0.15, 0.2) is 11.5 Å². The zero-order chi connectivity index (χ0) is 22.5. The molecule has 0 aliphatic carbocycles. The number of nitrogens with two attached hydrogens (primary N) is 1. The van der Waals surface area contributed by atoms with Crippen LogP contribution in [0.2, 0.25) is 0 Å². The Bertz CT molecular complexity index is 1100. The number of likely N-dealkylation sites (N-methyl/N-ethyl adjacent to an activating group) is 1. The minimum Gasteiger partial charge on any atom is -0.487 e. The molecule has 1 fully saturated rings. The number of hydrogen-bond donors (Lipinski definition) is 1. The summed E-state index contributed by atoms with van der Waals surface area (Å²) in [7, 11) is 1.61. The van der Waals surface area contributed by atoms with Crippen molar-refractivity contribution in [2.75, 3.05) is 20.3 Å². The molecule has 3 aliphatic heterocycles. The molecule has 1 unspecified atom stereocenters. The van der Waals surface area contributed by atoms with E-state index in [0.717, 1.165) is 5.56 Å². The fourth-order valence-electron chi connectivity index (χ4n) is 4.82. The number of rotatable bonds is 3. The molecule has 0 saturated carbocycles. The summed E-state index contributed by atoms with van der Waals surface area (Å²) in [6, 6.07) is 11.9. The van der Waals surface area contributed by atoms with E-state index in [1.165, 1.54) is 17.0 Å². The van der Waals surface area contributed by atoms with Crippen LogP contribution in [0.5, 0.6) is 11.5 Å². The molecule has 9 heteroatoms. The van der Waals surface area contributed by atoms with E-state index in [9.17, 15) is 13.6 Å². The number of hydrogen-bond acceptors (Lipinski definition) is 6. The van der Waals surface area contributed by atoms with Gasteiger partial charge in [-0.25, -0.2) is 4.99 Å². The van der Waals surface area contributed by atoms with Crippen molar-refractivity contribution >= 4 is 11.9 Å². The lowest BCUT2D eigenvalue weighted by Crippen LogP contribution is -2.53. The highest BCUT2D eigenvalue weighted by atomic mass is 19.3. The number of halogens is 2. The number of carbonyl (C=O) groups excluding carboxylic acids is 1. The van der Waals surface area contributed by atoms with Crippen LogP contribution in [0, 0.1) is 0 Å². The summed E-state index contributed by atoms with van der Waals surface area (Å²) in [5.74, 6) is 0.573. The number of carbonyl (C=O) groups is 1. The van der Waals surface area contributed by atoms with Gasteiger partial charge in [-0.2, -0.15) is 8.78 Å². The molecule has 0 radical (unpaired) electrons. The molecule has 1 atom stereocenters. The van der Waals surface area contributed by atoms with Gasteiger partial charge in [0, 0.05) is 31.9 Å². The Hall–Kier alpha value is -3.20. The Kier molecular flexibility index (Phi) is 4.81. The fourth-order valence-corrected chi connectivity index (χ4v) is 4.82. The predicted octanol–water partition coefficient (Wildman–Crippen LogP) is 3.27. The normalized spacial score (nSPS) is 23.9. The number of guanidine groups is 1. The topological polar surface area (TPSA) is 86.4 Å². The summed E-state index contributed by atoms with van der Waals surface area (Å²) < 4.78 is 41.8. The van der Waals surface area contributed by atoms with E-state index in [4.69, 9.17) is 15.2 Å². The second kappa shape index (κ2) is 7.44. The van der Waals surface area contributed by atoms with E-state index in [2.05, 4.69) is 9.73 Å². The molecule has 3 heterocycles. The summed E-state index contributed by atoms with van der Waals surface area (Å²) in [5, 5.41) is 0. The molecule has 3 aliphatic rings. The van der Waals surface area contributed by atoms with Gasteiger partial charge in [0.05, 0.1) is 13.2 Å². The van der Waals surface area contributed by atoms with Gasteiger partial charge < -0.3 is 19.9 Å². The minimum absolute atomic E-state index is 0.0567. The fraction of sp³-hybridized carbons (Fsp3) is 0.391. The van der Waals surface area contributed by atoms with Crippen molar-refractivity contribution in [3.05, 3.63) is 48.0 Å². The van der Waals surface area contributed by atoms with Crippen LogP contribution in [0.1, 0.15) is 24.8 Å². The van der Waals surface area contributed by atoms with Gasteiger partial charge in [0.1, 0.15) is 17.1 Å². The minimum atomic E-state index is -2.91. The van der Waals surface area contributed by atoms with E-state index in [1.807, 2.05) is 12.1 Å². The zero-order valence-electron chi connectivity index (χ0n) is 17.5. The van der Waals surface area contributed by atoms with Crippen LogP contribution in [0.25, 0.3) is 11.1 Å². The first kappa shape index (κ1) is 20.7. The van der Waals surface area contributed by atoms with Crippen molar-refractivity contribution in [2.45, 2.75) is 37.0 Å². The summed E-state index contributed by atoms with van der Waals surface area (Å²) in [6.07, 6.45) is 1.66. The summed E-state index contributed by atoms with van der Waals surface area (Å²) in [6.45, 7) is -1.82. The van der Waals surface area contributed by atoms with E-state index in [1.54, 1.807) is 25.2 Å². The summed E-state index contributed by atoms with van der Waals surface area (Å²) in [5.41, 5.74) is 6.31. The Morgan fingerprint density at radius 2 is 1.91 bits per heavy atom. The van der Waals surface area contributed by atoms with Crippen LogP contribution < -0.4 is 15.2 Å². The molecule has 2 spiro atoms. The van der Waals surface area contributed by atoms with Crippen LogP contribution in [-0.4, -0.2) is 49.2 Å². The number of benzene rings is 2. The largest absolute Gasteiger partial charge is 0.487 e. The third-order valence-corrected chi connectivity index (χ3v) is 6.43. The number of amides is 1. The molecule has 2 N–H and O–H groups in total. The first-order valence-corrected chi connectivity index (χ1v) is 10.4. The van der Waals surface area contributed by atoms with Crippen molar-refractivity contribution in [1.82, 2.24) is 4.90 Å². The highest BCUT2D eigenvalue weighted by Crippen LogP contribution is 2.52. The zero-order valence-corrected chi connectivity index (χ0v) is 17.5. The van der Waals surface area contributed by atoms with Crippen molar-refractivity contribution < 1.29 is 27.8 Å². The van der Waals surface area contributed by atoms with Gasteiger partial charge in [-0.3, -0.25) is 9.69 Å². The van der Waals surface area contributed by atoms with Gasteiger partial charge in [-0.15, -0.1) is 0 Å². The quantitative estimate of drug-likeness (QED) is 0.787. The maximum Gasteiger partial charge on any atom is 0.387 e. The average molecular weight is 443 g/mol. The Balaban J connectivity index is 1.62. The van der Waals surface area contributed by atoms with E-state index in [-0.39, 0.29) is 17.6 Å². The molecular weight excluding hydrogens is 420 g/mol. The van der Waals surface area contributed by atoms with Crippen molar-refractivity contribution in [3.63, 3.8) is 0 Å². The SMILES string of the molecule is CN1C(=O)C2(CC3(CCOCC3)Oc3ccc(-c4cccc(OC(F)F)c4)cc32)N=C1N. The summed E-state index contributed by atoms with van der Waals surface area (Å²) in [4.78, 5) is 19.5. The number of aliphatic imine (C=N–C) groups is 1. The third kappa shape index (κ3) is 3.28. The van der Waals surface area contributed by atoms with Crippen LogP contribution in [0.3, 0.4) is 0 Å². The van der Waals surface area contributed by atoms with Gasteiger partial charge in [-0.1, -0.05) is 18.2 Å². The highest BCUT2D eigenvalue weighted by Gasteiger charge is 2.58. The third-order valence-electron chi connectivity index (χ3n) is 6.43. The monoisotopic (exact) mass is 443 g/mol. The molecular formula is C23H23F2N3O4. The van der Waals surface area contributed by atoms with E-state index >= 15 is 0 Å². The van der Waals surface area contributed by atoms with Gasteiger partial charge in [0.25, 0.3) is 5.91 Å². The first-order chi connectivity index (χ1) is 15.3. The molecule has 2 aromatic rings. The lowest BCUT2D eigenvalue weighted by Gasteiger charge is -2.46. The molecule has 168 valence electrons. The highest BCUT2D eigenvalue weighted by molar-refractivity contribution is 6.07. The molecule has 32 heavy (non-hydrogen) atoms. The molecule has 0 aromatic heterocycles. The lowest BCUT2D eigenvalue weighted by molar-refractivity contribution is -0.137. The lowest BCUT2D eigenvalue weighted by atomic mass is 9.73.